The van der Waals surface area contributed by atoms with Crippen LogP contribution in [-0.2, 0) is 22.3 Å². The number of thioether (sulfide) groups is 1. The Labute approximate surface area is 167 Å². The van der Waals surface area contributed by atoms with E-state index in [0.717, 1.165) is 45.9 Å². The Hall–Kier alpha value is -2.42. The van der Waals surface area contributed by atoms with Gasteiger partial charge in [0.15, 0.2) is 5.16 Å². The summed E-state index contributed by atoms with van der Waals surface area (Å²) in [6.07, 6.45) is 2.84. The van der Waals surface area contributed by atoms with Gasteiger partial charge in [-0.1, -0.05) is 36.9 Å². The molecule has 28 heavy (non-hydrogen) atoms. The standard InChI is InChI=1S/C20H20N4O2S2/c1-2-9-24-19-8-7-16(28(21,25)26)11-18(19)23-20(24)27-13-14-10-15-5-3-4-6-17(15)22-12-14/h3-8,10-12H,2,9,13H2,1H3,(H2,21,25,26). The van der Waals surface area contributed by atoms with E-state index in [1.807, 2.05) is 24.4 Å². The second-order valence-electron chi connectivity index (χ2n) is 6.57. The fraction of sp³-hybridized carbons (Fsp3) is 0.200. The molecule has 2 aromatic heterocycles. The Balaban J connectivity index is 1.67. The third-order valence-corrected chi connectivity index (χ3v) is 6.43. The molecule has 0 unspecified atom stereocenters. The molecule has 4 aromatic rings. The summed E-state index contributed by atoms with van der Waals surface area (Å²) < 4.78 is 25.4. The van der Waals surface area contributed by atoms with E-state index in [4.69, 9.17) is 5.14 Å². The molecule has 0 radical (unpaired) electrons. The van der Waals surface area contributed by atoms with E-state index in [9.17, 15) is 8.42 Å². The van der Waals surface area contributed by atoms with Crippen LogP contribution < -0.4 is 5.14 Å². The summed E-state index contributed by atoms with van der Waals surface area (Å²) in [5, 5.41) is 7.23. The maximum atomic E-state index is 11.6. The fourth-order valence-corrected chi connectivity index (χ4v) is 4.65. The third-order valence-electron chi connectivity index (χ3n) is 4.48. The average molecular weight is 413 g/mol. The normalized spacial score (nSPS) is 12.1. The van der Waals surface area contributed by atoms with Gasteiger partial charge in [0, 0.05) is 23.9 Å². The van der Waals surface area contributed by atoms with Gasteiger partial charge in [0.1, 0.15) is 0 Å². The predicted octanol–water partition coefficient (Wildman–Crippen LogP) is 3.93. The van der Waals surface area contributed by atoms with E-state index in [0.29, 0.717) is 5.52 Å². The van der Waals surface area contributed by atoms with E-state index in [1.165, 1.54) is 6.07 Å². The Morgan fingerprint density at radius 3 is 2.71 bits per heavy atom. The number of hydrogen-bond donors (Lipinski definition) is 1. The van der Waals surface area contributed by atoms with Crippen molar-refractivity contribution in [3.8, 4) is 0 Å². The van der Waals surface area contributed by atoms with Gasteiger partial charge in [-0.25, -0.2) is 18.5 Å². The van der Waals surface area contributed by atoms with Crippen LogP contribution in [0.5, 0.6) is 0 Å². The predicted molar refractivity (Wildman–Crippen MR) is 113 cm³/mol. The highest BCUT2D eigenvalue weighted by Gasteiger charge is 2.15. The summed E-state index contributed by atoms with van der Waals surface area (Å²) in [6.45, 7) is 2.91. The van der Waals surface area contributed by atoms with E-state index in [1.54, 1.807) is 23.9 Å². The molecule has 0 saturated carbocycles. The van der Waals surface area contributed by atoms with Crippen molar-refractivity contribution in [2.45, 2.75) is 35.7 Å². The first-order chi connectivity index (χ1) is 13.5. The van der Waals surface area contributed by atoms with Gasteiger partial charge in [-0.3, -0.25) is 4.98 Å². The number of nitrogens with zero attached hydrogens (tertiary/aromatic N) is 3. The zero-order chi connectivity index (χ0) is 19.7. The van der Waals surface area contributed by atoms with Crippen LogP contribution >= 0.6 is 11.8 Å². The lowest BCUT2D eigenvalue weighted by atomic mass is 10.2. The number of nitrogens with two attached hydrogens (primary N) is 1. The number of aryl methyl sites for hydroxylation is 1. The second kappa shape index (κ2) is 7.54. The minimum Gasteiger partial charge on any atom is -0.319 e. The van der Waals surface area contributed by atoms with Crippen LogP contribution in [0, 0.1) is 0 Å². The van der Waals surface area contributed by atoms with Crippen molar-refractivity contribution in [3.63, 3.8) is 0 Å². The number of benzene rings is 2. The molecular formula is C20H20N4O2S2. The zero-order valence-corrected chi connectivity index (χ0v) is 17.0. The van der Waals surface area contributed by atoms with Crippen LogP contribution in [0.25, 0.3) is 21.9 Å². The molecule has 4 rings (SSSR count). The molecule has 0 amide bonds. The van der Waals surface area contributed by atoms with Crippen molar-refractivity contribution < 1.29 is 8.42 Å². The molecule has 6 nitrogen and oxygen atoms in total. The van der Waals surface area contributed by atoms with E-state index < -0.39 is 10.0 Å². The highest BCUT2D eigenvalue weighted by molar-refractivity contribution is 7.98. The van der Waals surface area contributed by atoms with Crippen molar-refractivity contribution >= 4 is 43.7 Å². The van der Waals surface area contributed by atoms with Gasteiger partial charge in [0.25, 0.3) is 0 Å². The summed E-state index contributed by atoms with van der Waals surface area (Å²) in [4.78, 5) is 9.26. The number of para-hydroxylation sites is 1. The number of primary sulfonamides is 1. The van der Waals surface area contributed by atoms with Crippen LogP contribution in [0.2, 0.25) is 0 Å². The highest BCUT2D eigenvalue weighted by atomic mass is 32.2. The fourth-order valence-electron chi connectivity index (χ4n) is 3.16. The van der Waals surface area contributed by atoms with Crippen LogP contribution in [0.15, 0.2) is 64.8 Å². The molecule has 0 aliphatic carbocycles. The lowest BCUT2D eigenvalue weighted by Crippen LogP contribution is -2.11. The minimum atomic E-state index is -3.75. The maximum absolute atomic E-state index is 11.6. The molecular weight excluding hydrogens is 392 g/mol. The van der Waals surface area contributed by atoms with Crippen LogP contribution in [0.3, 0.4) is 0 Å². The molecule has 0 bridgehead atoms. The summed E-state index contributed by atoms with van der Waals surface area (Å²) in [5.41, 5.74) is 3.64. The van der Waals surface area contributed by atoms with Gasteiger partial charge in [-0.15, -0.1) is 0 Å². The number of aromatic nitrogens is 3. The van der Waals surface area contributed by atoms with Gasteiger partial charge in [0.05, 0.1) is 21.4 Å². The quantitative estimate of drug-likeness (QED) is 0.485. The van der Waals surface area contributed by atoms with Crippen molar-refractivity contribution in [2.24, 2.45) is 5.14 Å². The van der Waals surface area contributed by atoms with Crippen molar-refractivity contribution in [1.82, 2.24) is 14.5 Å². The van der Waals surface area contributed by atoms with Gasteiger partial charge >= 0.3 is 0 Å². The lowest BCUT2D eigenvalue weighted by molar-refractivity contribution is 0.598. The molecule has 0 spiro atoms. The third kappa shape index (κ3) is 3.76. The van der Waals surface area contributed by atoms with Crippen molar-refractivity contribution in [1.29, 1.82) is 0 Å². The Morgan fingerprint density at radius 1 is 1.11 bits per heavy atom. The van der Waals surface area contributed by atoms with Crippen LogP contribution in [0.4, 0.5) is 0 Å². The first-order valence-corrected chi connectivity index (χ1v) is 11.5. The topological polar surface area (TPSA) is 90.9 Å². The first kappa shape index (κ1) is 18.9. The number of sulfonamides is 1. The monoisotopic (exact) mass is 412 g/mol. The minimum absolute atomic E-state index is 0.0800. The number of fused-ring (bicyclic) bond motifs is 2. The molecule has 0 aliphatic rings. The molecule has 0 atom stereocenters. The maximum Gasteiger partial charge on any atom is 0.238 e. The molecule has 2 heterocycles. The molecule has 8 heteroatoms. The molecule has 0 aliphatic heterocycles. The molecule has 2 N–H and O–H groups in total. The highest BCUT2D eigenvalue weighted by Crippen LogP contribution is 2.29. The number of pyridine rings is 1. The van der Waals surface area contributed by atoms with Crippen molar-refractivity contribution in [3.05, 3.63) is 60.3 Å². The van der Waals surface area contributed by atoms with E-state index in [-0.39, 0.29) is 4.90 Å². The van der Waals surface area contributed by atoms with E-state index in [2.05, 4.69) is 33.6 Å². The summed E-state index contributed by atoms with van der Waals surface area (Å²) in [6, 6.07) is 15.0. The Kier molecular flexibility index (Phi) is 5.09. The second-order valence-corrected chi connectivity index (χ2v) is 9.07. The smallest absolute Gasteiger partial charge is 0.238 e. The zero-order valence-electron chi connectivity index (χ0n) is 15.4. The molecule has 0 fully saturated rings. The molecule has 2 aromatic carbocycles. The average Bonchev–Trinajstić information content (AvgIpc) is 3.03. The number of hydrogen-bond acceptors (Lipinski definition) is 5. The molecule has 144 valence electrons. The molecule has 0 saturated heterocycles. The van der Waals surface area contributed by atoms with Gasteiger partial charge < -0.3 is 4.57 Å². The van der Waals surface area contributed by atoms with Crippen LogP contribution in [-0.4, -0.2) is 23.0 Å². The largest absolute Gasteiger partial charge is 0.319 e. The van der Waals surface area contributed by atoms with Gasteiger partial charge in [-0.2, -0.15) is 0 Å². The summed E-state index contributed by atoms with van der Waals surface area (Å²) in [7, 11) is -3.75. The SMILES string of the molecule is CCCn1c(SCc2cnc3ccccc3c2)nc2cc(S(N)(=O)=O)ccc21. The van der Waals surface area contributed by atoms with Gasteiger partial charge in [0.2, 0.25) is 10.0 Å². The lowest BCUT2D eigenvalue weighted by Gasteiger charge is -2.08. The summed E-state index contributed by atoms with van der Waals surface area (Å²) >= 11 is 1.62. The van der Waals surface area contributed by atoms with Crippen LogP contribution in [0.1, 0.15) is 18.9 Å². The van der Waals surface area contributed by atoms with Gasteiger partial charge in [-0.05, 0) is 42.3 Å². The number of rotatable bonds is 6. The first-order valence-electron chi connectivity index (χ1n) is 8.95. The Morgan fingerprint density at radius 2 is 1.93 bits per heavy atom. The summed E-state index contributed by atoms with van der Waals surface area (Å²) in [5.74, 6) is 0.729. The Bertz CT molecular complexity index is 1270. The van der Waals surface area contributed by atoms with Crippen molar-refractivity contribution in [2.75, 3.05) is 0 Å². The number of imidazole rings is 1. The van der Waals surface area contributed by atoms with E-state index >= 15 is 0 Å².